The van der Waals surface area contributed by atoms with Crippen LogP contribution >= 0.6 is 11.6 Å². The van der Waals surface area contributed by atoms with Crippen molar-refractivity contribution in [3.05, 3.63) is 34.3 Å². The first-order valence-electron chi connectivity index (χ1n) is 5.65. The molecule has 0 saturated heterocycles. The van der Waals surface area contributed by atoms with Crippen molar-refractivity contribution in [3.63, 3.8) is 0 Å². The number of aryl methyl sites for hydroxylation is 1. The van der Waals surface area contributed by atoms with E-state index in [-0.39, 0.29) is 6.10 Å². The Bertz CT molecular complexity index is 339. The van der Waals surface area contributed by atoms with Crippen molar-refractivity contribution < 1.29 is 5.11 Å². The van der Waals surface area contributed by atoms with E-state index < -0.39 is 0 Å². The molecule has 0 aliphatic rings. The molecule has 2 atom stereocenters. The van der Waals surface area contributed by atoms with Crippen LogP contribution in [0.5, 0.6) is 0 Å². The van der Waals surface area contributed by atoms with E-state index in [1.807, 2.05) is 19.1 Å². The van der Waals surface area contributed by atoms with Gasteiger partial charge in [-0.1, -0.05) is 23.7 Å². The number of aliphatic hydroxyl groups is 1. The van der Waals surface area contributed by atoms with Crippen molar-refractivity contribution in [2.75, 3.05) is 0 Å². The van der Waals surface area contributed by atoms with Crippen LogP contribution in [-0.4, -0.2) is 17.3 Å². The van der Waals surface area contributed by atoms with Crippen molar-refractivity contribution >= 4 is 11.6 Å². The number of hydrogen-bond donors (Lipinski definition) is 2. The number of rotatable bonds is 5. The number of aliphatic hydroxyl groups excluding tert-OH is 1. The second kappa shape index (κ2) is 6.24. The Balaban J connectivity index is 2.45. The zero-order chi connectivity index (χ0) is 12.1. The van der Waals surface area contributed by atoms with Gasteiger partial charge in [0.2, 0.25) is 0 Å². The molecule has 2 N–H and O–H groups in total. The van der Waals surface area contributed by atoms with Gasteiger partial charge < -0.3 is 10.4 Å². The average Bonchev–Trinajstić information content (AvgIpc) is 2.19. The Morgan fingerprint density at radius 3 is 2.62 bits per heavy atom. The summed E-state index contributed by atoms with van der Waals surface area (Å²) in [7, 11) is 0. The smallest absolute Gasteiger partial charge is 0.0526 e. The summed E-state index contributed by atoms with van der Waals surface area (Å²) in [4.78, 5) is 0. The van der Waals surface area contributed by atoms with Crippen LogP contribution in [0.25, 0.3) is 0 Å². The van der Waals surface area contributed by atoms with Crippen molar-refractivity contribution in [3.8, 4) is 0 Å². The molecule has 1 rings (SSSR count). The molecular weight excluding hydrogens is 222 g/mol. The van der Waals surface area contributed by atoms with Gasteiger partial charge in [-0.3, -0.25) is 0 Å². The maximum Gasteiger partial charge on any atom is 0.0526 e. The highest BCUT2D eigenvalue weighted by Gasteiger charge is 2.05. The maximum absolute atomic E-state index is 9.24. The van der Waals surface area contributed by atoms with E-state index in [0.29, 0.717) is 6.04 Å². The van der Waals surface area contributed by atoms with E-state index in [1.165, 1.54) is 5.56 Å². The van der Waals surface area contributed by atoms with Gasteiger partial charge in [0, 0.05) is 17.6 Å². The third-order valence-electron chi connectivity index (χ3n) is 2.59. The molecule has 90 valence electrons. The standard InChI is InChI=1S/C13H20ClNO/c1-9-4-5-12(7-13(9)14)8-15-10(2)6-11(3)16/h4-5,7,10-11,15-16H,6,8H2,1-3H3. The molecule has 0 aromatic heterocycles. The highest BCUT2D eigenvalue weighted by Crippen LogP contribution is 2.16. The van der Waals surface area contributed by atoms with Crippen LogP contribution in [0.1, 0.15) is 31.4 Å². The summed E-state index contributed by atoms with van der Waals surface area (Å²) >= 11 is 6.05. The Morgan fingerprint density at radius 2 is 2.06 bits per heavy atom. The van der Waals surface area contributed by atoms with Crippen LogP contribution in [0.2, 0.25) is 5.02 Å². The van der Waals surface area contributed by atoms with Gasteiger partial charge in [-0.05, 0) is 44.4 Å². The minimum Gasteiger partial charge on any atom is -0.393 e. The van der Waals surface area contributed by atoms with Crippen LogP contribution in [0.3, 0.4) is 0 Å². The van der Waals surface area contributed by atoms with Crippen LogP contribution < -0.4 is 5.32 Å². The van der Waals surface area contributed by atoms with Gasteiger partial charge in [0.05, 0.1) is 6.10 Å². The molecular formula is C13H20ClNO. The molecule has 0 aliphatic carbocycles. The lowest BCUT2D eigenvalue weighted by molar-refractivity contribution is 0.170. The summed E-state index contributed by atoms with van der Waals surface area (Å²) in [6, 6.07) is 6.39. The lowest BCUT2D eigenvalue weighted by Gasteiger charge is -2.15. The van der Waals surface area contributed by atoms with E-state index in [0.717, 1.165) is 23.6 Å². The molecule has 0 radical (unpaired) electrons. The molecule has 3 heteroatoms. The molecule has 1 aromatic carbocycles. The largest absolute Gasteiger partial charge is 0.393 e. The normalized spacial score (nSPS) is 14.8. The van der Waals surface area contributed by atoms with Crippen molar-refractivity contribution in [1.82, 2.24) is 5.32 Å². The Labute approximate surface area is 103 Å². The van der Waals surface area contributed by atoms with Crippen LogP contribution in [0, 0.1) is 6.92 Å². The van der Waals surface area contributed by atoms with Crippen molar-refractivity contribution in [2.24, 2.45) is 0 Å². The van der Waals surface area contributed by atoms with Crippen LogP contribution in [0.4, 0.5) is 0 Å². The first-order valence-corrected chi connectivity index (χ1v) is 6.03. The summed E-state index contributed by atoms with van der Waals surface area (Å²) in [5, 5.41) is 13.4. The first-order chi connectivity index (χ1) is 7.49. The molecule has 0 saturated carbocycles. The van der Waals surface area contributed by atoms with E-state index in [4.69, 9.17) is 11.6 Å². The number of hydrogen-bond acceptors (Lipinski definition) is 2. The Hall–Kier alpha value is -0.570. The van der Waals surface area contributed by atoms with E-state index in [9.17, 15) is 5.11 Å². The highest BCUT2D eigenvalue weighted by molar-refractivity contribution is 6.31. The number of halogens is 1. The summed E-state index contributed by atoms with van der Waals surface area (Å²) in [5.41, 5.74) is 2.27. The second-order valence-electron chi connectivity index (χ2n) is 4.45. The SMILES string of the molecule is Cc1ccc(CNC(C)CC(C)O)cc1Cl. The van der Waals surface area contributed by atoms with Gasteiger partial charge in [-0.2, -0.15) is 0 Å². The van der Waals surface area contributed by atoms with Gasteiger partial charge >= 0.3 is 0 Å². The molecule has 16 heavy (non-hydrogen) atoms. The third-order valence-corrected chi connectivity index (χ3v) is 2.99. The number of nitrogens with one attached hydrogen (secondary N) is 1. The van der Waals surface area contributed by atoms with Gasteiger partial charge in [0.15, 0.2) is 0 Å². The number of benzene rings is 1. The molecule has 2 nitrogen and oxygen atoms in total. The monoisotopic (exact) mass is 241 g/mol. The fourth-order valence-corrected chi connectivity index (χ4v) is 1.84. The fraction of sp³-hybridized carbons (Fsp3) is 0.538. The topological polar surface area (TPSA) is 32.3 Å². The second-order valence-corrected chi connectivity index (χ2v) is 4.86. The third kappa shape index (κ3) is 4.52. The zero-order valence-corrected chi connectivity index (χ0v) is 10.9. The Morgan fingerprint density at radius 1 is 1.38 bits per heavy atom. The summed E-state index contributed by atoms with van der Waals surface area (Å²) < 4.78 is 0. The lowest BCUT2D eigenvalue weighted by atomic mass is 10.1. The predicted molar refractivity (Wildman–Crippen MR) is 68.8 cm³/mol. The van der Waals surface area contributed by atoms with Gasteiger partial charge in [0.25, 0.3) is 0 Å². The molecule has 0 heterocycles. The van der Waals surface area contributed by atoms with Crippen molar-refractivity contribution in [2.45, 2.75) is 45.9 Å². The summed E-state index contributed by atoms with van der Waals surface area (Å²) in [6.07, 6.45) is 0.503. The highest BCUT2D eigenvalue weighted by atomic mass is 35.5. The minimum absolute atomic E-state index is 0.260. The van der Waals surface area contributed by atoms with Crippen LogP contribution in [-0.2, 0) is 6.54 Å². The minimum atomic E-state index is -0.260. The quantitative estimate of drug-likeness (QED) is 0.831. The molecule has 0 amide bonds. The molecule has 0 aliphatic heterocycles. The molecule has 0 fully saturated rings. The maximum atomic E-state index is 9.24. The predicted octanol–water partition coefficient (Wildman–Crippen LogP) is 2.90. The molecule has 0 bridgehead atoms. The van der Waals surface area contributed by atoms with Gasteiger partial charge in [-0.25, -0.2) is 0 Å². The lowest BCUT2D eigenvalue weighted by Crippen LogP contribution is -2.28. The molecule has 1 aromatic rings. The molecule has 0 spiro atoms. The molecule has 2 unspecified atom stereocenters. The van der Waals surface area contributed by atoms with E-state index in [1.54, 1.807) is 6.92 Å². The summed E-state index contributed by atoms with van der Waals surface area (Å²) in [6.45, 7) is 6.66. The average molecular weight is 242 g/mol. The van der Waals surface area contributed by atoms with E-state index in [2.05, 4.69) is 18.3 Å². The first kappa shape index (κ1) is 13.5. The van der Waals surface area contributed by atoms with Gasteiger partial charge in [0.1, 0.15) is 0 Å². The summed E-state index contributed by atoms with van der Waals surface area (Å²) in [5.74, 6) is 0. The Kier molecular flexibility index (Phi) is 5.26. The van der Waals surface area contributed by atoms with Crippen LogP contribution in [0.15, 0.2) is 18.2 Å². The van der Waals surface area contributed by atoms with E-state index >= 15 is 0 Å². The fourth-order valence-electron chi connectivity index (χ4n) is 1.63. The van der Waals surface area contributed by atoms with Gasteiger partial charge in [-0.15, -0.1) is 0 Å². The van der Waals surface area contributed by atoms with Crippen molar-refractivity contribution in [1.29, 1.82) is 0 Å². The zero-order valence-electron chi connectivity index (χ0n) is 10.1.